The van der Waals surface area contributed by atoms with Gasteiger partial charge in [-0.25, -0.2) is 0 Å². The maximum absolute atomic E-state index is 6.76. The standard InChI is InChI=1S/C11H18N/c1-2-3-4-6-9-12-10-7-5-8-11-12/h3-11H2. The highest BCUT2D eigenvalue weighted by Crippen LogP contribution is 2.09. The highest BCUT2D eigenvalue weighted by atomic mass is 15.1. The Morgan fingerprint density at radius 2 is 1.83 bits per heavy atom. The zero-order valence-electron chi connectivity index (χ0n) is 7.81. The van der Waals surface area contributed by atoms with Gasteiger partial charge in [-0.05, 0) is 51.7 Å². The lowest BCUT2D eigenvalue weighted by atomic mass is 10.1. The first-order valence-corrected chi connectivity index (χ1v) is 5.05. The molecule has 1 radical (unpaired) electrons. The van der Waals surface area contributed by atoms with Gasteiger partial charge >= 0.3 is 0 Å². The molecule has 0 unspecified atom stereocenters. The first-order valence-electron chi connectivity index (χ1n) is 5.05. The van der Waals surface area contributed by atoms with E-state index in [0.29, 0.717) is 0 Å². The van der Waals surface area contributed by atoms with Gasteiger partial charge < -0.3 is 4.90 Å². The van der Waals surface area contributed by atoms with Gasteiger partial charge in [0.1, 0.15) is 0 Å². The Morgan fingerprint density at radius 1 is 1.08 bits per heavy atom. The van der Waals surface area contributed by atoms with E-state index < -0.39 is 0 Å². The lowest BCUT2D eigenvalue weighted by Gasteiger charge is -2.26. The normalized spacial score (nSPS) is 18.9. The molecule has 0 aliphatic carbocycles. The van der Waals surface area contributed by atoms with E-state index in [4.69, 9.17) is 6.42 Å². The summed E-state index contributed by atoms with van der Waals surface area (Å²) in [5, 5.41) is 0. The van der Waals surface area contributed by atoms with Crippen LogP contribution in [0.15, 0.2) is 0 Å². The topological polar surface area (TPSA) is 3.24 Å². The minimum atomic E-state index is 0.841. The maximum Gasteiger partial charge on any atom is 0.00994 e. The lowest BCUT2D eigenvalue weighted by molar-refractivity contribution is 0.225. The van der Waals surface area contributed by atoms with Crippen molar-refractivity contribution in [1.82, 2.24) is 4.90 Å². The van der Waals surface area contributed by atoms with Gasteiger partial charge in [0.25, 0.3) is 0 Å². The van der Waals surface area contributed by atoms with E-state index in [-0.39, 0.29) is 0 Å². The van der Waals surface area contributed by atoms with Crippen LogP contribution in [0.4, 0.5) is 0 Å². The van der Waals surface area contributed by atoms with Gasteiger partial charge in [-0.15, -0.1) is 0 Å². The largest absolute Gasteiger partial charge is 0.303 e. The van der Waals surface area contributed by atoms with E-state index >= 15 is 0 Å². The van der Waals surface area contributed by atoms with Crippen molar-refractivity contribution in [2.75, 3.05) is 19.6 Å². The molecule has 67 valence electrons. The monoisotopic (exact) mass is 164 g/mol. The van der Waals surface area contributed by atoms with Crippen molar-refractivity contribution >= 4 is 0 Å². The van der Waals surface area contributed by atoms with Crippen LogP contribution in [0.5, 0.6) is 0 Å². The van der Waals surface area contributed by atoms with Crippen LogP contribution in [0.25, 0.3) is 0 Å². The number of hydrogen-bond donors (Lipinski definition) is 0. The first-order chi connectivity index (χ1) is 5.93. The molecule has 0 saturated carbocycles. The maximum atomic E-state index is 6.76. The molecule has 1 heteroatoms. The summed E-state index contributed by atoms with van der Waals surface area (Å²) in [6.07, 6.45) is 14.2. The lowest BCUT2D eigenvalue weighted by Crippen LogP contribution is -2.30. The molecule has 1 fully saturated rings. The molecule has 1 aliphatic rings. The van der Waals surface area contributed by atoms with Crippen LogP contribution in [0, 0.1) is 12.3 Å². The third-order valence-electron chi connectivity index (χ3n) is 2.47. The third kappa shape index (κ3) is 3.78. The minimum absolute atomic E-state index is 0.841. The second-order valence-corrected chi connectivity index (χ2v) is 3.54. The summed E-state index contributed by atoms with van der Waals surface area (Å²) < 4.78 is 0. The van der Waals surface area contributed by atoms with Crippen molar-refractivity contribution in [2.24, 2.45) is 0 Å². The SMILES string of the molecule is [C]#CCCCCN1CCCCC1. The first kappa shape index (κ1) is 9.61. The highest BCUT2D eigenvalue weighted by molar-refractivity contribution is 4.75. The molecule has 12 heavy (non-hydrogen) atoms. The zero-order valence-corrected chi connectivity index (χ0v) is 7.81. The van der Waals surface area contributed by atoms with Crippen molar-refractivity contribution in [1.29, 1.82) is 0 Å². The Balaban J connectivity index is 1.95. The smallest absolute Gasteiger partial charge is 0.00994 e. The van der Waals surface area contributed by atoms with E-state index in [9.17, 15) is 0 Å². The molecule has 0 amide bonds. The molecule has 0 atom stereocenters. The third-order valence-corrected chi connectivity index (χ3v) is 2.47. The van der Waals surface area contributed by atoms with Crippen LogP contribution in [-0.4, -0.2) is 24.5 Å². The van der Waals surface area contributed by atoms with E-state index in [1.54, 1.807) is 0 Å². The fourth-order valence-corrected chi connectivity index (χ4v) is 1.73. The zero-order chi connectivity index (χ0) is 8.65. The summed E-state index contributed by atoms with van der Waals surface area (Å²) in [7, 11) is 0. The molecule has 0 aromatic carbocycles. The van der Waals surface area contributed by atoms with Crippen LogP contribution in [0.3, 0.4) is 0 Å². The second kappa shape index (κ2) is 6.08. The number of unbranched alkanes of at least 4 members (excludes halogenated alkanes) is 2. The molecule has 0 aromatic heterocycles. The highest BCUT2D eigenvalue weighted by Gasteiger charge is 2.08. The van der Waals surface area contributed by atoms with Crippen LogP contribution in [0.1, 0.15) is 38.5 Å². The van der Waals surface area contributed by atoms with Crippen LogP contribution in [-0.2, 0) is 0 Å². The fourth-order valence-electron chi connectivity index (χ4n) is 1.73. The van der Waals surface area contributed by atoms with Crippen LogP contribution in [0.2, 0.25) is 0 Å². The van der Waals surface area contributed by atoms with Gasteiger partial charge in [0, 0.05) is 6.42 Å². The molecule has 0 bridgehead atoms. The fraction of sp³-hybridized carbons (Fsp3) is 0.818. The van der Waals surface area contributed by atoms with Gasteiger partial charge in [-0.1, -0.05) is 12.3 Å². The Bertz CT molecular complexity index is 140. The van der Waals surface area contributed by atoms with Crippen LogP contribution >= 0.6 is 0 Å². The summed E-state index contributed by atoms with van der Waals surface area (Å²) >= 11 is 0. The average molecular weight is 164 g/mol. The van der Waals surface area contributed by atoms with E-state index in [2.05, 4.69) is 10.8 Å². The van der Waals surface area contributed by atoms with Crippen molar-refractivity contribution in [3.63, 3.8) is 0 Å². The van der Waals surface area contributed by atoms with Gasteiger partial charge in [0.15, 0.2) is 0 Å². The molecule has 1 nitrogen and oxygen atoms in total. The molecular formula is C11H18N. The van der Waals surface area contributed by atoms with E-state index in [1.165, 1.54) is 45.3 Å². The molecule has 1 aliphatic heterocycles. The molecule has 0 aromatic rings. The van der Waals surface area contributed by atoms with Crippen molar-refractivity contribution in [3.8, 4) is 5.92 Å². The summed E-state index contributed by atoms with van der Waals surface area (Å²) in [5.74, 6) is 2.44. The van der Waals surface area contributed by atoms with Gasteiger partial charge in [0.2, 0.25) is 0 Å². The predicted octanol–water partition coefficient (Wildman–Crippen LogP) is 2.23. The number of nitrogens with zero attached hydrogens (tertiary/aromatic N) is 1. The van der Waals surface area contributed by atoms with E-state index in [1.807, 2.05) is 0 Å². The second-order valence-electron chi connectivity index (χ2n) is 3.54. The molecule has 0 spiro atoms. The van der Waals surface area contributed by atoms with Gasteiger partial charge in [-0.2, -0.15) is 0 Å². The van der Waals surface area contributed by atoms with Crippen molar-refractivity contribution in [2.45, 2.75) is 38.5 Å². The summed E-state index contributed by atoms with van der Waals surface area (Å²) in [5.41, 5.74) is 0. The molecular weight excluding hydrogens is 146 g/mol. The number of likely N-dealkylation sites (tertiary alicyclic amines) is 1. The van der Waals surface area contributed by atoms with Crippen molar-refractivity contribution in [3.05, 3.63) is 6.42 Å². The summed E-state index contributed by atoms with van der Waals surface area (Å²) in [6, 6.07) is 0. The Kier molecular flexibility index (Phi) is 4.87. The number of rotatable bonds is 4. The van der Waals surface area contributed by atoms with Gasteiger partial charge in [-0.3, -0.25) is 0 Å². The Morgan fingerprint density at radius 3 is 2.50 bits per heavy atom. The average Bonchev–Trinajstić information content (AvgIpc) is 2.14. The molecule has 1 heterocycles. The Labute approximate surface area is 76.1 Å². The van der Waals surface area contributed by atoms with Gasteiger partial charge in [0.05, 0.1) is 0 Å². The summed E-state index contributed by atoms with van der Waals surface area (Å²) in [4.78, 5) is 2.55. The van der Waals surface area contributed by atoms with Crippen LogP contribution < -0.4 is 0 Å². The van der Waals surface area contributed by atoms with E-state index in [0.717, 1.165) is 12.8 Å². The number of hydrogen-bond acceptors (Lipinski definition) is 1. The summed E-state index contributed by atoms with van der Waals surface area (Å²) in [6.45, 7) is 3.84. The minimum Gasteiger partial charge on any atom is -0.303 e. The molecule has 1 saturated heterocycles. The Hall–Kier alpha value is -0.480. The predicted molar refractivity (Wildman–Crippen MR) is 51.3 cm³/mol. The molecule has 1 rings (SSSR count). The number of piperidine rings is 1. The quantitative estimate of drug-likeness (QED) is 0.455. The van der Waals surface area contributed by atoms with Crippen molar-refractivity contribution < 1.29 is 0 Å². The molecule has 0 N–H and O–H groups in total.